The summed E-state index contributed by atoms with van der Waals surface area (Å²) in [7, 11) is 0. The molecule has 15 heteroatoms. The van der Waals surface area contributed by atoms with Gasteiger partial charge in [0.15, 0.2) is 0 Å². The van der Waals surface area contributed by atoms with Crippen molar-refractivity contribution in [3.8, 4) is 6.07 Å². The van der Waals surface area contributed by atoms with E-state index in [1.807, 2.05) is 0 Å². The first kappa shape index (κ1) is 21.6. The summed E-state index contributed by atoms with van der Waals surface area (Å²) >= 11 is 2.50. The van der Waals surface area contributed by atoms with Gasteiger partial charge >= 0.3 is 5.97 Å². The summed E-state index contributed by atoms with van der Waals surface area (Å²) in [5.41, 5.74) is 5.51. The van der Waals surface area contributed by atoms with Crippen LogP contribution >= 0.6 is 23.5 Å². The van der Waals surface area contributed by atoms with E-state index in [1.165, 1.54) is 28.2 Å². The van der Waals surface area contributed by atoms with Gasteiger partial charge in [0.2, 0.25) is 17.0 Å². The summed E-state index contributed by atoms with van der Waals surface area (Å²) in [5.74, 6) is -2.32. The number of nitrogens with one attached hydrogen (secondary N) is 1. The Morgan fingerprint density at radius 3 is 2.87 bits per heavy atom. The van der Waals surface area contributed by atoms with E-state index < -0.39 is 35.1 Å². The summed E-state index contributed by atoms with van der Waals surface area (Å²) < 4.78 is 1.39. The number of carboxylic acid groups (broad SMARTS) is 1. The van der Waals surface area contributed by atoms with Crippen LogP contribution in [0.1, 0.15) is 12.8 Å². The molecule has 0 aromatic carbocycles. The number of aromatic nitrogens is 4. The lowest BCUT2D eigenvalue weighted by molar-refractivity contribution is -0.150. The fraction of sp³-hybridized carbons (Fsp3) is 0.467. The molecule has 0 radical (unpaired) electrons. The minimum absolute atomic E-state index is 0.0559. The van der Waals surface area contributed by atoms with E-state index in [2.05, 4.69) is 20.8 Å². The number of nitriles is 1. The molecule has 2 aliphatic heterocycles. The molecule has 1 fully saturated rings. The zero-order valence-corrected chi connectivity index (χ0v) is 17.0. The number of carbonyl (C=O) groups is 4. The summed E-state index contributed by atoms with van der Waals surface area (Å²) in [5, 5.41) is 31.7. The Morgan fingerprint density at radius 2 is 2.20 bits per heavy atom. The second-order valence-corrected chi connectivity index (χ2v) is 8.28. The monoisotopic (exact) mass is 452 g/mol. The van der Waals surface area contributed by atoms with E-state index in [0.717, 1.165) is 4.90 Å². The van der Waals surface area contributed by atoms with Gasteiger partial charge in [0.1, 0.15) is 23.5 Å². The lowest BCUT2D eigenvalue weighted by Gasteiger charge is -2.49. The van der Waals surface area contributed by atoms with Crippen LogP contribution in [0.15, 0.2) is 16.4 Å². The van der Waals surface area contributed by atoms with Gasteiger partial charge in [-0.1, -0.05) is 11.8 Å². The van der Waals surface area contributed by atoms with Gasteiger partial charge in [-0.2, -0.15) is 5.26 Å². The van der Waals surface area contributed by atoms with E-state index in [0.29, 0.717) is 16.5 Å². The maximum absolute atomic E-state index is 12.5. The van der Waals surface area contributed by atoms with Crippen LogP contribution in [0.3, 0.4) is 0 Å². The highest BCUT2D eigenvalue weighted by atomic mass is 32.2. The fourth-order valence-corrected chi connectivity index (χ4v) is 5.29. The Morgan fingerprint density at radius 1 is 1.43 bits per heavy atom. The molecule has 2 atom stereocenters. The number of aliphatic carboxylic acids is 1. The van der Waals surface area contributed by atoms with Crippen molar-refractivity contribution in [1.82, 2.24) is 30.4 Å². The van der Waals surface area contributed by atoms with Crippen LogP contribution in [0.5, 0.6) is 0 Å². The van der Waals surface area contributed by atoms with Crippen molar-refractivity contribution in [2.75, 3.05) is 11.5 Å². The van der Waals surface area contributed by atoms with Crippen molar-refractivity contribution in [2.45, 2.75) is 36.0 Å². The van der Waals surface area contributed by atoms with Gasteiger partial charge in [0.25, 0.3) is 5.91 Å². The third-order valence-electron chi connectivity index (χ3n) is 4.25. The van der Waals surface area contributed by atoms with E-state index in [9.17, 15) is 24.3 Å². The standard InChI is InChI=1S/C15H16N8O5S2/c16-3-1-9(25)18-10-12(26)23-11(14(27)28)7(5-29-13(10)23)6-30-15-19-20-21-22(15)4-2-8(17)24/h10,13H,1-2,4-6H2,(H2,17,24)(H,18,25)(H,27,28). The number of aryl methyl sites for hydroxylation is 1. The molecule has 3 heterocycles. The van der Waals surface area contributed by atoms with Crippen LogP contribution in [-0.4, -0.2) is 76.8 Å². The molecule has 3 rings (SSSR count). The van der Waals surface area contributed by atoms with Gasteiger partial charge in [-0.05, 0) is 16.0 Å². The first-order valence-corrected chi connectivity index (χ1v) is 10.6. The number of fused-ring (bicyclic) bond motifs is 1. The molecule has 2 aliphatic rings. The molecule has 2 unspecified atom stereocenters. The average Bonchev–Trinajstić information content (AvgIpc) is 3.15. The zero-order valence-electron chi connectivity index (χ0n) is 15.3. The fourth-order valence-electron chi connectivity index (χ4n) is 2.90. The molecule has 158 valence electrons. The highest BCUT2D eigenvalue weighted by molar-refractivity contribution is 8.01. The number of carboxylic acids is 1. The Bertz CT molecular complexity index is 970. The number of thioether (sulfide) groups is 2. The molecule has 0 saturated carbocycles. The lowest BCUT2D eigenvalue weighted by Crippen LogP contribution is -2.70. The van der Waals surface area contributed by atoms with Crippen molar-refractivity contribution in [3.05, 3.63) is 11.3 Å². The SMILES string of the molecule is N#CCC(=O)NC1C(=O)N2C(C(=O)O)=C(CSc3nnnn3CCC(N)=O)CSC12. The quantitative estimate of drug-likeness (QED) is 0.285. The summed E-state index contributed by atoms with van der Waals surface area (Å²) in [6.45, 7) is 0.195. The normalized spacial score (nSPS) is 20.2. The van der Waals surface area contributed by atoms with Crippen LogP contribution in [-0.2, 0) is 25.7 Å². The van der Waals surface area contributed by atoms with E-state index in [-0.39, 0.29) is 30.8 Å². The number of tetrazole rings is 1. The minimum atomic E-state index is -1.25. The highest BCUT2D eigenvalue weighted by Gasteiger charge is 2.54. The predicted molar refractivity (Wildman–Crippen MR) is 102 cm³/mol. The molecule has 3 amide bonds. The summed E-state index contributed by atoms with van der Waals surface area (Å²) in [6.07, 6.45) is -0.324. The summed E-state index contributed by atoms with van der Waals surface area (Å²) in [4.78, 5) is 48.0. The van der Waals surface area contributed by atoms with Gasteiger partial charge in [-0.15, -0.1) is 16.9 Å². The van der Waals surface area contributed by atoms with Gasteiger partial charge in [0.05, 0.1) is 12.6 Å². The smallest absolute Gasteiger partial charge is 0.352 e. The third-order valence-corrected chi connectivity index (χ3v) is 6.63. The highest BCUT2D eigenvalue weighted by Crippen LogP contribution is 2.41. The van der Waals surface area contributed by atoms with Crippen LogP contribution in [0.4, 0.5) is 0 Å². The molecule has 4 N–H and O–H groups in total. The second-order valence-electron chi connectivity index (χ2n) is 6.24. The van der Waals surface area contributed by atoms with Crippen LogP contribution in [0.2, 0.25) is 0 Å². The molecule has 0 bridgehead atoms. The Balaban J connectivity index is 1.71. The van der Waals surface area contributed by atoms with E-state index in [4.69, 9.17) is 11.0 Å². The van der Waals surface area contributed by atoms with Crippen molar-refractivity contribution in [2.24, 2.45) is 5.73 Å². The molecular formula is C15H16N8O5S2. The number of nitrogens with two attached hydrogens (primary N) is 1. The van der Waals surface area contributed by atoms with E-state index in [1.54, 1.807) is 6.07 Å². The number of rotatable bonds is 9. The van der Waals surface area contributed by atoms with Gasteiger partial charge in [-0.3, -0.25) is 19.3 Å². The predicted octanol–water partition coefficient (Wildman–Crippen LogP) is -1.71. The molecule has 0 spiro atoms. The number of primary amides is 1. The van der Waals surface area contributed by atoms with Crippen molar-refractivity contribution in [3.63, 3.8) is 0 Å². The van der Waals surface area contributed by atoms with Crippen molar-refractivity contribution < 1.29 is 24.3 Å². The number of hydrogen-bond donors (Lipinski definition) is 3. The first-order chi connectivity index (χ1) is 14.3. The van der Waals surface area contributed by atoms with Crippen LogP contribution in [0, 0.1) is 11.3 Å². The number of hydrogen-bond acceptors (Lipinski definition) is 10. The molecular weight excluding hydrogens is 436 g/mol. The van der Waals surface area contributed by atoms with Gasteiger partial charge in [0, 0.05) is 17.9 Å². The molecule has 1 saturated heterocycles. The number of nitrogens with zero attached hydrogens (tertiary/aromatic N) is 6. The molecule has 30 heavy (non-hydrogen) atoms. The lowest BCUT2D eigenvalue weighted by atomic mass is 10.0. The second kappa shape index (κ2) is 9.13. The Labute approximate surface area is 178 Å². The average molecular weight is 452 g/mol. The van der Waals surface area contributed by atoms with Gasteiger partial charge < -0.3 is 16.2 Å². The Hall–Kier alpha value is -3.12. The van der Waals surface area contributed by atoms with Crippen LogP contribution in [0.25, 0.3) is 0 Å². The maximum atomic E-state index is 12.5. The maximum Gasteiger partial charge on any atom is 0.352 e. The van der Waals surface area contributed by atoms with Crippen LogP contribution < -0.4 is 11.1 Å². The molecule has 1 aromatic rings. The van der Waals surface area contributed by atoms with Gasteiger partial charge in [-0.25, -0.2) is 9.48 Å². The van der Waals surface area contributed by atoms with E-state index >= 15 is 0 Å². The Kier molecular flexibility index (Phi) is 6.57. The summed E-state index contributed by atoms with van der Waals surface area (Å²) in [6, 6.07) is 0.837. The largest absolute Gasteiger partial charge is 0.477 e. The number of amides is 3. The third kappa shape index (κ3) is 4.39. The first-order valence-electron chi connectivity index (χ1n) is 8.57. The molecule has 0 aliphatic carbocycles. The topological polar surface area (TPSA) is 197 Å². The number of β-lactam (4-membered cyclic amide) rings is 1. The minimum Gasteiger partial charge on any atom is -0.477 e. The molecule has 13 nitrogen and oxygen atoms in total. The molecule has 1 aromatic heterocycles. The van der Waals surface area contributed by atoms with Crippen molar-refractivity contribution in [1.29, 1.82) is 5.26 Å². The number of carbonyl (C=O) groups excluding carboxylic acids is 3. The zero-order chi connectivity index (χ0) is 21.8. The van der Waals surface area contributed by atoms with Crippen molar-refractivity contribution >= 4 is 47.2 Å².